The summed E-state index contributed by atoms with van der Waals surface area (Å²) >= 11 is 0. The first-order valence-corrected chi connectivity index (χ1v) is 12.7. The molecule has 0 saturated carbocycles. The molecule has 33 heavy (non-hydrogen) atoms. The van der Waals surface area contributed by atoms with E-state index < -0.39 is 10.0 Å². The molecule has 0 bridgehead atoms. The van der Waals surface area contributed by atoms with Gasteiger partial charge in [0.15, 0.2) is 0 Å². The lowest BCUT2D eigenvalue weighted by atomic mass is 10.2. The molecular weight excluding hydrogens is 438 g/mol. The Hall–Kier alpha value is -3.22. The fraction of sp³-hybridized carbons (Fsp3) is 0.375. The number of fused-ring (bicyclic) bond motifs is 1. The molecule has 0 unspecified atom stereocenters. The predicted molar refractivity (Wildman–Crippen MR) is 126 cm³/mol. The number of carbonyl (C=O) groups excluding carboxylic acids is 1. The van der Waals surface area contributed by atoms with Crippen molar-refractivity contribution < 1.29 is 13.2 Å². The second-order valence-electron chi connectivity index (χ2n) is 8.18. The first kappa shape index (κ1) is 23.0. The number of nitrogens with zero attached hydrogens (tertiary/aromatic N) is 4. The van der Waals surface area contributed by atoms with Gasteiger partial charge in [0.25, 0.3) is 0 Å². The average molecular weight is 466 g/mol. The van der Waals surface area contributed by atoms with Gasteiger partial charge in [0.1, 0.15) is 5.82 Å². The number of rotatable bonds is 8. The highest BCUT2D eigenvalue weighted by Crippen LogP contribution is 2.26. The minimum absolute atomic E-state index is 0.169. The Kier molecular flexibility index (Phi) is 6.77. The summed E-state index contributed by atoms with van der Waals surface area (Å²) in [6.45, 7) is 3.91. The van der Waals surface area contributed by atoms with E-state index >= 15 is 0 Å². The maximum atomic E-state index is 12.9. The van der Waals surface area contributed by atoms with Crippen molar-refractivity contribution in [3.8, 4) is 6.07 Å². The Morgan fingerprint density at radius 1 is 1.18 bits per heavy atom. The van der Waals surface area contributed by atoms with Gasteiger partial charge in [-0.2, -0.15) is 9.57 Å². The fourth-order valence-corrected chi connectivity index (χ4v) is 5.71. The molecule has 1 aromatic heterocycles. The molecular formula is C24H27N5O3S. The Bertz CT molecular complexity index is 1320. The topological polar surface area (TPSA) is 108 Å². The lowest BCUT2D eigenvalue weighted by Crippen LogP contribution is -2.27. The van der Waals surface area contributed by atoms with Gasteiger partial charge in [0.05, 0.1) is 27.6 Å². The minimum atomic E-state index is -3.52. The molecule has 0 radical (unpaired) electrons. The lowest BCUT2D eigenvalue weighted by Gasteiger charge is -2.15. The number of benzene rings is 2. The molecule has 172 valence electrons. The van der Waals surface area contributed by atoms with E-state index in [1.807, 2.05) is 6.07 Å². The molecule has 2 heterocycles. The fourth-order valence-electron chi connectivity index (χ4n) is 4.18. The standard InChI is InChI=1S/C24H27N5O3S/c1-2-12-29-22-9-8-20(33(31,32)28-13-3-4-14-28)16-21(22)27-23(29)10-11-24(30)26-19-7-5-6-18(15-19)17-25/h5-9,15-16H,2-4,10-14H2,1H3,(H,26,30). The van der Waals surface area contributed by atoms with E-state index in [9.17, 15) is 13.2 Å². The molecule has 1 saturated heterocycles. The van der Waals surface area contributed by atoms with Gasteiger partial charge in [-0.15, -0.1) is 0 Å². The zero-order valence-corrected chi connectivity index (χ0v) is 19.4. The van der Waals surface area contributed by atoms with Crippen LogP contribution in [0.4, 0.5) is 5.69 Å². The van der Waals surface area contributed by atoms with Gasteiger partial charge in [-0.3, -0.25) is 4.79 Å². The zero-order valence-electron chi connectivity index (χ0n) is 18.6. The zero-order chi connectivity index (χ0) is 23.4. The molecule has 0 atom stereocenters. The van der Waals surface area contributed by atoms with Crippen molar-refractivity contribution in [2.45, 2.75) is 50.5 Å². The third kappa shape index (κ3) is 4.92. The third-order valence-electron chi connectivity index (χ3n) is 5.80. The van der Waals surface area contributed by atoms with Crippen molar-refractivity contribution in [3.63, 3.8) is 0 Å². The van der Waals surface area contributed by atoms with Crippen LogP contribution in [0, 0.1) is 11.3 Å². The van der Waals surface area contributed by atoms with Crippen LogP contribution in [0.2, 0.25) is 0 Å². The molecule has 9 heteroatoms. The second kappa shape index (κ2) is 9.73. The number of aromatic nitrogens is 2. The van der Waals surface area contributed by atoms with Crippen LogP contribution in [-0.4, -0.2) is 41.3 Å². The van der Waals surface area contributed by atoms with E-state index in [1.165, 1.54) is 4.31 Å². The molecule has 4 rings (SSSR count). The molecule has 1 amide bonds. The number of sulfonamides is 1. The Morgan fingerprint density at radius 3 is 2.70 bits per heavy atom. The van der Waals surface area contributed by atoms with E-state index in [-0.39, 0.29) is 17.2 Å². The van der Waals surface area contributed by atoms with Gasteiger partial charge in [-0.1, -0.05) is 13.0 Å². The molecule has 1 aliphatic rings. The maximum Gasteiger partial charge on any atom is 0.243 e. The number of hydrogen-bond donors (Lipinski definition) is 1. The lowest BCUT2D eigenvalue weighted by molar-refractivity contribution is -0.116. The quantitative estimate of drug-likeness (QED) is 0.546. The van der Waals surface area contributed by atoms with Gasteiger partial charge in [-0.25, -0.2) is 13.4 Å². The predicted octanol–water partition coefficient (Wildman–Crippen LogP) is 3.67. The number of nitriles is 1. The van der Waals surface area contributed by atoms with Gasteiger partial charge >= 0.3 is 0 Å². The van der Waals surface area contributed by atoms with Crippen molar-refractivity contribution >= 4 is 32.7 Å². The van der Waals surface area contributed by atoms with Crippen molar-refractivity contribution in [1.82, 2.24) is 13.9 Å². The summed E-state index contributed by atoms with van der Waals surface area (Å²) in [5.41, 5.74) is 2.56. The summed E-state index contributed by atoms with van der Waals surface area (Å²) in [6.07, 6.45) is 3.31. The number of carbonyl (C=O) groups is 1. The van der Waals surface area contributed by atoms with Crippen molar-refractivity contribution in [3.05, 3.63) is 53.9 Å². The first-order valence-electron chi connectivity index (χ1n) is 11.2. The van der Waals surface area contributed by atoms with Crippen molar-refractivity contribution in [2.75, 3.05) is 18.4 Å². The summed E-state index contributed by atoms with van der Waals surface area (Å²) in [5.74, 6) is 0.584. The van der Waals surface area contributed by atoms with E-state index in [1.54, 1.807) is 36.4 Å². The molecule has 3 aromatic rings. The van der Waals surface area contributed by atoms with Gasteiger partial charge < -0.3 is 9.88 Å². The van der Waals surface area contributed by atoms with Gasteiger partial charge in [0.2, 0.25) is 15.9 Å². The van der Waals surface area contributed by atoms with Crippen molar-refractivity contribution in [2.24, 2.45) is 0 Å². The molecule has 0 aliphatic carbocycles. The van der Waals surface area contributed by atoms with Crippen LogP contribution in [-0.2, 0) is 27.8 Å². The molecule has 1 fully saturated rings. The second-order valence-corrected chi connectivity index (χ2v) is 10.1. The van der Waals surface area contributed by atoms with Crippen LogP contribution in [0.3, 0.4) is 0 Å². The summed E-state index contributed by atoms with van der Waals surface area (Å²) in [7, 11) is -3.52. The summed E-state index contributed by atoms with van der Waals surface area (Å²) in [5, 5.41) is 11.8. The van der Waals surface area contributed by atoms with Crippen LogP contribution in [0.5, 0.6) is 0 Å². The third-order valence-corrected chi connectivity index (χ3v) is 7.69. The molecule has 1 aliphatic heterocycles. The summed E-state index contributed by atoms with van der Waals surface area (Å²) < 4.78 is 29.5. The van der Waals surface area contributed by atoms with Gasteiger partial charge in [-0.05, 0) is 55.7 Å². The van der Waals surface area contributed by atoms with Crippen molar-refractivity contribution in [1.29, 1.82) is 5.26 Å². The maximum absolute atomic E-state index is 12.9. The molecule has 0 spiro atoms. The summed E-state index contributed by atoms with van der Waals surface area (Å²) in [6, 6.07) is 14.0. The number of anilines is 1. The van der Waals surface area contributed by atoms with Crippen LogP contribution >= 0.6 is 0 Å². The largest absolute Gasteiger partial charge is 0.328 e. The van der Waals surface area contributed by atoms with Crippen LogP contribution in [0.15, 0.2) is 47.4 Å². The average Bonchev–Trinajstić information content (AvgIpc) is 3.47. The number of hydrogen-bond acceptors (Lipinski definition) is 5. The van der Waals surface area contributed by atoms with E-state index in [4.69, 9.17) is 10.2 Å². The monoisotopic (exact) mass is 465 g/mol. The van der Waals surface area contributed by atoms with E-state index in [0.717, 1.165) is 37.1 Å². The van der Waals surface area contributed by atoms with E-state index in [2.05, 4.69) is 22.9 Å². The first-order chi connectivity index (χ1) is 15.9. The van der Waals surface area contributed by atoms with Crippen LogP contribution < -0.4 is 5.32 Å². The Labute approximate surface area is 193 Å². The van der Waals surface area contributed by atoms with Crippen LogP contribution in [0.1, 0.15) is 44.0 Å². The Morgan fingerprint density at radius 2 is 1.97 bits per heavy atom. The smallest absolute Gasteiger partial charge is 0.243 e. The minimum Gasteiger partial charge on any atom is -0.328 e. The van der Waals surface area contributed by atoms with Gasteiger partial charge in [0, 0.05) is 38.2 Å². The molecule has 1 N–H and O–H groups in total. The highest BCUT2D eigenvalue weighted by molar-refractivity contribution is 7.89. The highest BCUT2D eigenvalue weighted by Gasteiger charge is 2.27. The summed E-state index contributed by atoms with van der Waals surface area (Å²) in [4.78, 5) is 17.4. The molecule has 8 nitrogen and oxygen atoms in total. The highest BCUT2D eigenvalue weighted by atomic mass is 32.2. The number of aryl methyl sites for hydroxylation is 2. The Balaban J connectivity index is 1.54. The van der Waals surface area contributed by atoms with E-state index in [0.29, 0.717) is 36.3 Å². The number of nitrogens with one attached hydrogen (secondary N) is 1. The van der Waals surface area contributed by atoms with Crippen LogP contribution in [0.25, 0.3) is 11.0 Å². The number of imidazole rings is 1. The molecule has 2 aromatic carbocycles. The normalized spacial score (nSPS) is 14.4. The number of amides is 1. The SMILES string of the molecule is CCCn1c(CCC(=O)Nc2cccc(C#N)c2)nc2cc(S(=O)(=O)N3CCCC3)ccc21.